The molecule has 1 aromatic carbocycles. The zero-order valence-electron chi connectivity index (χ0n) is 7.64. The van der Waals surface area contributed by atoms with Crippen LogP contribution in [-0.4, -0.2) is 27.9 Å². The molecule has 0 aliphatic rings. The van der Waals surface area contributed by atoms with Crippen molar-refractivity contribution in [1.82, 2.24) is 0 Å². The van der Waals surface area contributed by atoms with E-state index in [0.29, 0.717) is 0 Å². The van der Waals surface area contributed by atoms with Crippen molar-refractivity contribution in [2.75, 3.05) is 0 Å². The lowest BCUT2D eigenvalue weighted by molar-refractivity contribution is -0.135. The zero-order chi connectivity index (χ0) is 11.4. The third-order valence-electron chi connectivity index (χ3n) is 1.77. The summed E-state index contributed by atoms with van der Waals surface area (Å²) in [6, 6.07) is 5.52. The molecule has 0 saturated carbocycles. The molecule has 1 rings (SSSR count). The molecule has 0 unspecified atom stereocenters. The van der Waals surface area contributed by atoms with Crippen LogP contribution in [0.5, 0.6) is 0 Å². The number of hydrogen-bond donors (Lipinski definition) is 2. The van der Waals surface area contributed by atoms with E-state index in [1.165, 1.54) is 24.3 Å². The molecule has 0 amide bonds. The largest absolute Gasteiger partial charge is 0.481 e. The number of benzene rings is 1. The fraction of sp³-hybridized carbons (Fsp3) is 0.100. The van der Waals surface area contributed by atoms with Gasteiger partial charge in [0.2, 0.25) is 0 Å². The minimum absolute atomic E-state index is 0.0765. The number of carbonyl (C=O) groups excluding carboxylic acids is 1. The minimum Gasteiger partial charge on any atom is -0.481 e. The van der Waals surface area contributed by atoms with E-state index in [0.717, 1.165) is 0 Å². The van der Waals surface area contributed by atoms with E-state index in [-0.39, 0.29) is 11.1 Å². The van der Waals surface area contributed by atoms with E-state index >= 15 is 0 Å². The Bertz CT molecular complexity index is 422. The highest BCUT2D eigenvalue weighted by Gasteiger charge is 2.17. The molecular weight excluding hydrogens is 200 g/mol. The summed E-state index contributed by atoms with van der Waals surface area (Å²) in [4.78, 5) is 32.3. The second kappa shape index (κ2) is 4.36. The summed E-state index contributed by atoms with van der Waals surface area (Å²) >= 11 is 0. The van der Waals surface area contributed by atoms with Gasteiger partial charge in [-0.25, -0.2) is 4.79 Å². The van der Waals surface area contributed by atoms with Gasteiger partial charge in [0.15, 0.2) is 5.78 Å². The van der Waals surface area contributed by atoms with Crippen molar-refractivity contribution in [3.05, 3.63) is 35.4 Å². The lowest BCUT2D eigenvalue weighted by Crippen LogP contribution is -2.12. The smallest absolute Gasteiger partial charge is 0.336 e. The number of aliphatic carboxylic acids is 1. The molecular formula is C10H8O5. The molecule has 0 atom stereocenters. The highest BCUT2D eigenvalue weighted by Crippen LogP contribution is 2.11. The van der Waals surface area contributed by atoms with Crippen LogP contribution in [0.2, 0.25) is 0 Å². The molecule has 0 bridgehead atoms. The first-order valence-electron chi connectivity index (χ1n) is 4.09. The Balaban J connectivity index is 3.08. The standard InChI is InChI=1S/C10H8O5/c11-8(5-9(12)13)6-3-1-2-4-7(6)10(14)15/h1-4H,5H2,(H,12,13)(H,14,15). The number of aromatic carboxylic acids is 1. The van der Waals surface area contributed by atoms with E-state index in [1.54, 1.807) is 0 Å². The van der Waals surface area contributed by atoms with Crippen LogP contribution < -0.4 is 0 Å². The highest BCUT2D eigenvalue weighted by atomic mass is 16.4. The molecule has 0 radical (unpaired) electrons. The van der Waals surface area contributed by atoms with Crippen LogP contribution >= 0.6 is 0 Å². The first-order chi connectivity index (χ1) is 7.02. The Morgan fingerprint density at radius 2 is 1.53 bits per heavy atom. The Morgan fingerprint density at radius 1 is 1.00 bits per heavy atom. The fourth-order valence-corrected chi connectivity index (χ4v) is 1.15. The van der Waals surface area contributed by atoms with Crippen LogP contribution in [-0.2, 0) is 4.79 Å². The molecule has 0 saturated heterocycles. The van der Waals surface area contributed by atoms with Gasteiger partial charge in [-0.05, 0) is 6.07 Å². The van der Waals surface area contributed by atoms with Gasteiger partial charge in [-0.1, -0.05) is 18.2 Å². The van der Waals surface area contributed by atoms with Crippen LogP contribution in [0.4, 0.5) is 0 Å². The summed E-state index contributed by atoms with van der Waals surface area (Å²) in [5, 5.41) is 17.2. The van der Waals surface area contributed by atoms with Gasteiger partial charge in [-0.3, -0.25) is 9.59 Å². The van der Waals surface area contributed by atoms with Crippen molar-refractivity contribution in [2.24, 2.45) is 0 Å². The predicted molar refractivity (Wildman–Crippen MR) is 50.0 cm³/mol. The number of carboxylic acid groups (broad SMARTS) is 2. The third-order valence-corrected chi connectivity index (χ3v) is 1.77. The Labute approximate surface area is 85.0 Å². The van der Waals surface area contributed by atoms with Crippen molar-refractivity contribution >= 4 is 17.7 Å². The summed E-state index contributed by atoms with van der Waals surface area (Å²) in [6.07, 6.45) is -0.704. The summed E-state index contributed by atoms with van der Waals surface area (Å²) < 4.78 is 0. The third kappa shape index (κ3) is 2.63. The van der Waals surface area contributed by atoms with Crippen LogP contribution in [0.15, 0.2) is 24.3 Å². The van der Waals surface area contributed by atoms with Crippen LogP contribution in [0.1, 0.15) is 27.1 Å². The zero-order valence-corrected chi connectivity index (χ0v) is 7.64. The molecule has 0 aromatic heterocycles. The molecule has 2 N–H and O–H groups in total. The second-order valence-corrected chi connectivity index (χ2v) is 2.84. The second-order valence-electron chi connectivity index (χ2n) is 2.84. The van der Waals surface area contributed by atoms with Crippen molar-refractivity contribution in [2.45, 2.75) is 6.42 Å². The van der Waals surface area contributed by atoms with Gasteiger partial charge < -0.3 is 10.2 Å². The van der Waals surface area contributed by atoms with Crippen molar-refractivity contribution in [3.8, 4) is 0 Å². The van der Waals surface area contributed by atoms with Gasteiger partial charge in [0, 0.05) is 5.56 Å². The van der Waals surface area contributed by atoms with E-state index in [4.69, 9.17) is 10.2 Å². The Hall–Kier alpha value is -2.17. The van der Waals surface area contributed by atoms with Crippen LogP contribution in [0, 0.1) is 0 Å². The number of hydrogen-bond acceptors (Lipinski definition) is 3. The lowest BCUT2D eigenvalue weighted by Gasteiger charge is -2.02. The number of Topliss-reactive ketones (excluding diaryl/α,β-unsaturated/α-hetero) is 1. The molecule has 0 fully saturated rings. The summed E-state index contributed by atoms with van der Waals surface area (Å²) in [5.74, 6) is -3.23. The first kappa shape index (κ1) is 10.9. The van der Waals surface area contributed by atoms with Crippen LogP contribution in [0.3, 0.4) is 0 Å². The average molecular weight is 208 g/mol. The SMILES string of the molecule is O=C(O)CC(=O)c1ccccc1C(=O)O. The minimum atomic E-state index is -1.28. The van der Waals surface area contributed by atoms with Crippen molar-refractivity contribution in [3.63, 3.8) is 0 Å². The lowest BCUT2D eigenvalue weighted by atomic mass is 10.0. The maximum absolute atomic E-state index is 11.3. The first-order valence-corrected chi connectivity index (χ1v) is 4.09. The normalized spacial score (nSPS) is 9.60. The van der Waals surface area contributed by atoms with Gasteiger partial charge in [0.25, 0.3) is 0 Å². The number of carbonyl (C=O) groups is 3. The fourth-order valence-electron chi connectivity index (χ4n) is 1.15. The highest BCUT2D eigenvalue weighted by molar-refractivity contribution is 6.11. The molecule has 5 heteroatoms. The summed E-state index contributed by atoms with van der Waals surface area (Å²) in [6.45, 7) is 0. The summed E-state index contributed by atoms with van der Waals surface area (Å²) in [5.41, 5.74) is -0.254. The van der Waals surface area contributed by atoms with Gasteiger partial charge in [0.05, 0.1) is 5.56 Å². The van der Waals surface area contributed by atoms with Crippen molar-refractivity contribution in [1.29, 1.82) is 0 Å². The molecule has 0 aliphatic carbocycles. The van der Waals surface area contributed by atoms with E-state index in [1.807, 2.05) is 0 Å². The van der Waals surface area contributed by atoms with E-state index < -0.39 is 24.1 Å². The van der Waals surface area contributed by atoms with E-state index in [2.05, 4.69) is 0 Å². The summed E-state index contributed by atoms with van der Waals surface area (Å²) in [7, 11) is 0. The quantitative estimate of drug-likeness (QED) is 0.569. The average Bonchev–Trinajstić information content (AvgIpc) is 2.16. The maximum atomic E-state index is 11.3. The van der Waals surface area contributed by atoms with Gasteiger partial charge in [-0.15, -0.1) is 0 Å². The molecule has 0 spiro atoms. The molecule has 0 aliphatic heterocycles. The number of rotatable bonds is 4. The predicted octanol–water partition coefficient (Wildman–Crippen LogP) is 1.04. The molecule has 0 heterocycles. The number of carboxylic acids is 2. The number of ketones is 1. The molecule has 78 valence electrons. The van der Waals surface area contributed by atoms with Gasteiger partial charge in [0.1, 0.15) is 6.42 Å². The monoisotopic (exact) mass is 208 g/mol. The molecule has 5 nitrogen and oxygen atoms in total. The Kier molecular flexibility index (Phi) is 3.17. The van der Waals surface area contributed by atoms with Crippen LogP contribution in [0.25, 0.3) is 0 Å². The van der Waals surface area contributed by atoms with Crippen molar-refractivity contribution < 1.29 is 24.6 Å². The van der Waals surface area contributed by atoms with Gasteiger partial charge in [-0.2, -0.15) is 0 Å². The van der Waals surface area contributed by atoms with E-state index in [9.17, 15) is 14.4 Å². The Morgan fingerprint density at radius 3 is 2.00 bits per heavy atom. The molecule has 1 aromatic rings. The maximum Gasteiger partial charge on any atom is 0.336 e. The molecule has 15 heavy (non-hydrogen) atoms. The van der Waals surface area contributed by atoms with Gasteiger partial charge >= 0.3 is 11.9 Å². The topological polar surface area (TPSA) is 91.7 Å².